The minimum atomic E-state index is 0.977. The molecule has 134 valence electrons. The van der Waals surface area contributed by atoms with Crippen LogP contribution in [0.1, 0.15) is 18.1 Å². The average Bonchev–Trinajstić information content (AvgIpc) is 2.69. The van der Waals surface area contributed by atoms with Crippen molar-refractivity contribution in [2.45, 2.75) is 20.8 Å². The molecule has 0 radical (unpaired) electrons. The maximum Gasteiger partial charge on any atom is 0.159 e. The van der Waals surface area contributed by atoms with Gasteiger partial charge in [0, 0.05) is 16.3 Å². The highest BCUT2D eigenvalue weighted by atomic mass is 15.3. The third-order valence-corrected chi connectivity index (χ3v) is 5.72. The SMILES string of the molecule is CC[NH+]1CCN(c2nnc(-c3ccc(C)c(C)c3)c3ccccc23)CC1. The lowest BCUT2D eigenvalue weighted by molar-refractivity contribution is -0.898. The van der Waals surface area contributed by atoms with Crippen molar-refractivity contribution in [2.75, 3.05) is 37.6 Å². The largest absolute Gasteiger partial charge is 0.343 e. The van der Waals surface area contributed by atoms with Crippen molar-refractivity contribution in [1.82, 2.24) is 10.2 Å². The number of piperazine rings is 1. The highest BCUT2D eigenvalue weighted by Gasteiger charge is 2.22. The molecular formula is C22H27N4+. The van der Waals surface area contributed by atoms with E-state index < -0.39 is 0 Å². The molecule has 1 fully saturated rings. The molecule has 1 aliphatic heterocycles. The molecule has 0 spiro atoms. The molecule has 1 aliphatic rings. The topological polar surface area (TPSA) is 33.5 Å². The monoisotopic (exact) mass is 347 g/mol. The van der Waals surface area contributed by atoms with E-state index in [1.807, 2.05) is 0 Å². The normalized spacial score (nSPS) is 15.6. The van der Waals surface area contributed by atoms with E-state index >= 15 is 0 Å². The summed E-state index contributed by atoms with van der Waals surface area (Å²) < 4.78 is 0. The van der Waals surface area contributed by atoms with Crippen LogP contribution < -0.4 is 9.80 Å². The van der Waals surface area contributed by atoms with E-state index in [1.54, 1.807) is 4.90 Å². The van der Waals surface area contributed by atoms with Crippen molar-refractivity contribution in [3.8, 4) is 11.3 Å². The molecule has 4 heteroatoms. The predicted molar refractivity (Wildman–Crippen MR) is 108 cm³/mol. The minimum absolute atomic E-state index is 0.977. The Morgan fingerprint density at radius 1 is 0.923 bits per heavy atom. The van der Waals surface area contributed by atoms with Crippen LogP contribution in [0.3, 0.4) is 0 Å². The van der Waals surface area contributed by atoms with Gasteiger partial charge in [0.05, 0.1) is 32.7 Å². The molecule has 26 heavy (non-hydrogen) atoms. The number of fused-ring (bicyclic) bond motifs is 1. The molecule has 0 aliphatic carbocycles. The van der Waals surface area contributed by atoms with Gasteiger partial charge in [0.2, 0.25) is 0 Å². The number of rotatable bonds is 3. The van der Waals surface area contributed by atoms with Crippen LogP contribution in [0.15, 0.2) is 42.5 Å². The quantitative estimate of drug-likeness (QED) is 0.791. The second-order valence-corrected chi connectivity index (χ2v) is 7.31. The first-order valence-electron chi connectivity index (χ1n) is 9.59. The van der Waals surface area contributed by atoms with E-state index in [-0.39, 0.29) is 0 Å². The van der Waals surface area contributed by atoms with Crippen LogP contribution in [-0.2, 0) is 0 Å². The van der Waals surface area contributed by atoms with E-state index in [4.69, 9.17) is 0 Å². The molecule has 1 N–H and O–H groups in total. The van der Waals surface area contributed by atoms with Gasteiger partial charge in [0.1, 0.15) is 5.69 Å². The molecule has 2 heterocycles. The summed E-state index contributed by atoms with van der Waals surface area (Å²) in [5.41, 5.74) is 4.71. The van der Waals surface area contributed by atoms with E-state index in [0.717, 1.165) is 30.2 Å². The van der Waals surface area contributed by atoms with Crippen LogP contribution >= 0.6 is 0 Å². The van der Waals surface area contributed by atoms with Crippen molar-refractivity contribution in [3.63, 3.8) is 0 Å². The van der Waals surface area contributed by atoms with Gasteiger partial charge in [-0.2, -0.15) is 0 Å². The summed E-state index contributed by atoms with van der Waals surface area (Å²) in [5.74, 6) is 1.03. The van der Waals surface area contributed by atoms with Crippen LogP contribution in [0.25, 0.3) is 22.0 Å². The molecule has 0 atom stereocenters. The zero-order valence-corrected chi connectivity index (χ0v) is 15.9. The lowest BCUT2D eigenvalue weighted by atomic mass is 10.0. The molecule has 0 saturated carbocycles. The van der Waals surface area contributed by atoms with Gasteiger partial charge in [-0.3, -0.25) is 0 Å². The molecule has 2 aromatic carbocycles. The molecule has 1 aromatic heterocycles. The van der Waals surface area contributed by atoms with Gasteiger partial charge in [0.25, 0.3) is 0 Å². The summed E-state index contributed by atoms with van der Waals surface area (Å²) in [5, 5.41) is 11.7. The highest BCUT2D eigenvalue weighted by molar-refractivity contribution is 6.00. The van der Waals surface area contributed by atoms with Gasteiger partial charge in [-0.1, -0.05) is 36.4 Å². The highest BCUT2D eigenvalue weighted by Crippen LogP contribution is 2.32. The van der Waals surface area contributed by atoms with Crippen molar-refractivity contribution >= 4 is 16.6 Å². The van der Waals surface area contributed by atoms with Crippen LogP contribution in [0.2, 0.25) is 0 Å². The number of nitrogens with zero attached hydrogens (tertiary/aromatic N) is 3. The van der Waals surface area contributed by atoms with Gasteiger partial charge >= 0.3 is 0 Å². The third-order valence-electron chi connectivity index (χ3n) is 5.72. The summed E-state index contributed by atoms with van der Waals surface area (Å²) in [7, 11) is 0. The number of hydrogen-bond donors (Lipinski definition) is 1. The van der Waals surface area contributed by atoms with E-state index in [2.05, 4.69) is 78.3 Å². The van der Waals surface area contributed by atoms with Gasteiger partial charge in [-0.05, 0) is 38.0 Å². The molecule has 4 nitrogen and oxygen atoms in total. The Bertz CT molecular complexity index is 927. The first-order chi connectivity index (χ1) is 12.7. The zero-order valence-electron chi connectivity index (χ0n) is 15.9. The second kappa shape index (κ2) is 7.04. The molecule has 4 rings (SSSR count). The Balaban J connectivity index is 1.77. The zero-order chi connectivity index (χ0) is 18.1. The van der Waals surface area contributed by atoms with Crippen LogP contribution in [0.4, 0.5) is 5.82 Å². The summed E-state index contributed by atoms with van der Waals surface area (Å²) >= 11 is 0. The van der Waals surface area contributed by atoms with Crippen LogP contribution in [-0.4, -0.2) is 42.9 Å². The fourth-order valence-corrected chi connectivity index (χ4v) is 3.81. The van der Waals surface area contributed by atoms with E-state index in [0.29, 0.717) is 0 Å². The Labute approximate surface area is 155 Å². The van der Waals surface area contributed by atoms with Gasteiger partial charge < -0.3 is 9.80 Å². The Hall–Kier alpha value is -2.46. The molecule has 1 saturated heterocycles. The van der Waals surface area contributed by atoms with Crippen LogP contribution in [0.5, 0.6) is 0 Å². The number of benzene rings is 2. The lowest BCUT2D eigenvalue weighted by Crippen LogP contribution is -3.14. The number of aromatic nitrogens is 2. The van der Waals surface area contributed by atoms with Gasteiger partial charge in [0.15, 0.2) is 5.82 Å². The smallest absolute Gasteiger partial charge is 0.159 e. The second-order valence-electron chi connectivity index (χ2n) is 7.31. The summed E-state index contributed by atoms with van der Waals surface area (Å²) in [6.45, 7) is 12.2. The average molecular weight is 347 g/mol. The number of quaternary nitrogens is 1. The molecule has 0 amide bonds. The summed E-state index contributed by atoms with van der Waals surface area (Å²) in [6.07, 6.45) is 0. The van der Waals surface area contributed by atoms with Crippen molar-refractivity contribution in [2.24, 2.45) is 0 Å². The number of likely N-dealkylation sites (N-methyl/N-ethyl adjacent to an activating group) is 1. The Morgan fingerprint density at radius 2 is 1.65 bits per heavy atom. The number of hydrogen-bond acceptors (Lipinski definition) is 3. The van der Waals surface area contributed by atoms with E-state index in [1.165, 1.54) is 41.5 Å². The van der Waals surface area contributed by atoms with Crippen molar-refractivity contribution in [1.29, 1.82) is 0 Å². The van der Waals surface area contributed by atoms with Gasteiger partial charge in [-0.25, -0.2) is 0 Å². The van der Waals surface area contributed by atoms with Gasteiger partial charge in [-0.15, -0.1) is 10.2 Å². The fourth-order valence-electron chi connectivity index (χ4n) is 3.81. The first kappa shape index (κ1) is 17.0. The lowest BCUT2D eigenvalue weighted by Gasteiger charge is -2.32. The summed E-state index contributed by atoms with van der Waals surface area (Å²) in [4.78, 5) is 4.07. The van der Waals surface area contributed by atoms with Crippen molar-refractivity contribution < 1.29 is 4.90 Å². The predicted octanol–water partition coefficient (Wildman–Crippen LogP) is 2.64. The number of aryl methyl sites for hydroxylation is 2. The summed E-state index contributed by atoms with van der Waals surface area (Å²) in [6, 6.07) is 15.1. The third kappa shape index (κ3) is 3.06. The maximum atomic E-state index is 4.68. The maximum absolute atomic E-state index is 4.68. The molecule has 0 bridgehead atoms. The Kier molecular flexibility index (Phi) is 4.60. The first-order valence-corrected chi connectivity index (χ1v) is 9.59. The molecular weight excluding hydrogens is 320 g/mol. The standard InChI is InChI=1S/C22H26N4/c1-4-25-11-13-26(14-12-25)22-20-8-6-5-7-19(20)21(23-24-22)18-10-9-16(2)17(3)15-18/h5-10,15H,4,11-14H2,1-3H3/p+1. The van der Waals surface area contributed by atoms with E-state index in [9.17, 15) is 0 Å². The fraction of sp³-hybridized carbons (Fsp3) is 0.364. The number of anilines is 1. The minimum Gasteiger partial charge on any atom is -0.343 e. The molecule has 0 unspecified atom stereocenters. The van der Waals surface area contributed by atoms with Crippen molar-refractivity contribution in [3.05, 3.63) is 53.6 Å². The number of nitrogens with one attached hydrogen (secondary N) is 1. The Morgan fingerprint density at radius 3 is 2.35 bits per heavy atom. The molecule has 3 aromatic rings. The van der Waals surface area contributed by atoms with Crippen LogP contribution in [0, 0.1) is 13.8 Å².